The minimum atomic E-state index is -0.328. The zero-order valence-corrected chi connectivity index (χ0v) is 8.55. The van der Waals surface area contributed by atoms with Crippen LogP contribution in [0.5, 0.6) is 0 Å². The first-order valence-electron chi connectivity index (χ1n) is 4.40. The Morgan fingerprint density at radius 2 is 1.67 bits per heavy atom. The summed E-state index contributed by atoms with van der Waals surface area (Å²) in [4.78, 5) is 11.0. The van der Waals surface area contributed by atoms with Crippen LogP contribution in [0.3, 0.4) is 0 Å². The Morgan fingerprint density at radius 3 is 2.00 bits per heavy atom. The number of ether oxygens (including phenoxy) is 1. The molecule has 0 heterocycles. The Morgan fingerprint density at radius 1 is 1.17 bits per heavy atom. The molecule has 0 saturated heterocycles. The predicted octanol–water partition coefficient (Wildman–Crippen LogP) is 2.17. The minimum Gasteiger partial charge on any atom is -0.447 e. The summed E-state index contributed by atoms with van der Waals surface area (Å²) in [5.74, 6) is 0.435. The number of carbonyl (C=O) groups excluding carboxylic acids is 1. The van der Waals surface area contributed by atoms with Crippen molar-refractivity contribution in [2.75, 3.05) is 0 Å². The molecule has 0 aliphatic rings. The normalized spacial score (nSPS) is 13.2. The highest BCUT2D eigenvalue weighted by molar-refractivity contribution is 5.67. The number of carbonyl (C=O) groups is 1. The first kappa shape index (κ1) is 11.3. The zero-order valence-electron chi connectivity index (χ0n) is 8.55. The second-order valence-electron chi connectivity index (χ2n) is 3.63. The smallest absolute Gasteiger partial charge is 0.407 e. The summed E-state index contributed by atoms with van der Waals surface area (Å²) >= 11 is 0. The van der Waals surface area contributed by atoms with Gasteiger partial charge in [0.25, 0.3) is 0 Å². The van der Waals surface area contributed by atoms with Crippen molar-refractivity contribution in [2.24, 2.45) is 5.92 Å². The fourth-order valence-corrected chi connectivity index (χ4v) is 0.601. The van der Waals surface area contributed by atoms with E-state index in [4.69, 9.17) is 4.74 Å². The van der Waals surface area contributed by atoms with E-state index in [0.717, 1.165) is 0 Å². The van der Waals surface area contributed by atoms with Crippen LogP contribution >= 0.6 is 0 Å². The van der Waals surface area contributed by atoms with Crippen molar-refractivity contribution in [3.8, 4) is 0 Å². The molecule has 0 rings (SSSR count). The second-order valence-corrected chi connectivity index (χ2v) is 3.63. The van der Waals surface area contributed by atoms with Gasteiger partial charge < -0.3 is 10.1 Å². The van der Waals surface area contributed by atoms with E-state index in [1.165, 1.54) is 0 Å². The van der Waals surface area contributed by atoms with Gasteiger partial charge in [-0.2, -0.15) is 0 Å². The number of hydrogen-bond donors (Lipinski definition) is 1. The molecule has 72 valence electrons. The van der Waals surface area contributed by atoms with Gasteiger partial charge in [0.1, 0.15) is 0 Å². The molecule has 12 heavy (non-hydrogen) atoms. The molecular formula is C9H19NO2. The van der Waals surface area contributed by atoms with Crippen LogP contribution in [-0.2, 0) is 4.74 Å². The lowest BCUT2D eigenvalue weighted by Gasteiger charge is -2.18. The van der Waals surface area contributed by atoms with E-state index < -0.39 is 0 Å². The SMILES string of the molecule is CC(C)OC(=O)NC(C)C(C)C. The van der Waals surface area contributed by atoms with Gasteiger partial charge in [-0.1, -0.05) is 13.8 Å². The number of alkyl carbamates (subject to hydrolysis) is 1. The van der Waals surface area contributed by atoms with E-state index in [1.54, 1.807) is 0 Å². The molecule has 1 N–H and O–H groups in total. The van der Waals surface area contributed by atoms with Gasteiger partial charge in [-0.3, -0.25) is 0 Å². The molecule has 0 aromatic heterocycles. The van der Waals surface area contributed by atoms with E-state index in [1.807, 2.05) is 20.8 Å². The molecule has 0 radical (unpaired) electrons. The first-order chi connectivity index (χ1) is 5.43. The van der Waals surface area contributed by atoms with Gasteiger partial charge in [-0.15, -0.1) is 0 Å². The predicted molar refractivity (Wildman–Crippen MR) is 49.1 cm³/mol. The molecule has 0 aliphatic carbocycles. The van der Waals surface area contributed by atoms with Gasteiger partial charge in [0.15, 0.2) is 0 Å². The van der Waals surface area contributed by atoms with Gasteiger partial charge in [0.2, 0.25) is 0 Å². The Balaban J connectivity index is 3.69. The van der Waals surface area contributed by atoms with Crippen molar-refractivity contribution >= 4 is 6.09 Å². The van der Waals surface area contributed by atoms with Crippen LogP contribution in [0.25, 0.3) is 0 Å². The lowest BCUT2D eigenvalue weighted by molar-refractivity contribution is 0.110. The van der Waals surface area contributed by atoms with Crippen LogP contribution in [-0.4, -0.2) is 18.2 Å². The van der Waals surface area contributed by atoms with Gasteiger partial charge in [0.05, 0.1) is 6.10 Å². The van der Waals surface area contributed by atoms with E-state index >= 15 is 0 Å². The van der Waals surface area contributed by atoms with Gasteiger partial charge in [-0.05, 0) is 26.7 Å². The average Bonchev–Trinajstić information content (AvgIpc) is 1.84. The molecule has 0 saturated carbocycles. The molecule has 0 spiro atoms. The maximum Gasteiger partial charge on any atom is 0.407 e. The maximum atomic E-state index is 11.0. The third kappa shape index (κ3) is 4.99. The van der Waals surface area contributed by atoms with Crippen LogP contribution in [0.2, 0.25) is 0 Å². The molecule has 3 heteroatoms. The van der Waals surface area contributed by atoms with Crippen LogP contribution in [0.1, 0.15) is 34.6 Å². The summed E-state index contributed by atoms with van der Waals surface area (Å²) in [6.45, 7) is 9.74. The molecule has 0 aliphatic heterocycles. The molecule has 0 bridgehead atoms. The Labute approximate surface area is 74.5 Å². The number of amides is 1. The number of rotatable bonds is 3. The van der Waals surface area contributed by atoms with Crippen molar-refractivity contribution < 1.29 is 9.53 Å². The fourth-order valence-electron chi connectivity index (χ4n) is 0.601. The molecule has 3 nitrogen and oxygen atoms in total. The largest absolute Gasteiger partial charge is 0.447 e. The van der Waals surface area contributed by atoms with Crippen molar-refractivity contribution in [3.05, 3.63) is 0 Å². The Kier molecular flexibility index (Phi) is 4.71. The molecular weight excluding hydrogens is 154 g/mol. The van der Waals surface area contributed by atoms with E-state index in [2.05, 4.69) is 19.2 Å². The minimum absolute atomic E-state index is 0.0515. The standard InChI is InChI=1S/C9H19NO2/c1-6(2)8(5)10-9(11)12-7(3)4/h6-8H,1-5H3,(H,10,11). The summed E-state index contributed by atoms with van der Waals surface area (Å²) < 4.78 is 4.92. The third-order valence-corrected chi connectivity index (χ3v) is 1.69. The Hall–Kier alpha value is -0.730. The zero-order chi connectivity index (χ0) is 9.72. The quantitative estimate of drug-likeness (QED) is 0.710. The average molecular weight is 173 g/mol. The molecule has 1 unspecified atom stereocenters. The molecule has 0 fully saturated rings. The van der Waals surface area contributed by atoms with Crippen LogP contribution in [0, 0.1) is 5.92 Å². The monoisotopic (exact) mass is 173 g/mol. The van der Waals surface area contributed by atoms with Crippen LogP contribution in [0.15, 0.2) is 0 Å². The molecule has 0 aromatic rings. The summed E-state index contributed by atoms with van der Waals surface area (Å²) in [7, 11) is 0. The maximum absolute atomic E-state index is 11.0. The van der Waals surface area contributed by atoms with E-state index in [0.29, 0.717) is 5.92 Å². The lowest BCUT2D eigenvalue weighted by Crippen LogP contribution is -2.37. The van der Waals surface area contributed by atoms with Crippen molar-refractivity contribution in [1.82, 2.24) is 5.32 Å². The molecule has 1 amide bonds. The van der Waals surface area contributed by atoms with Crippen molar-refractivity contribution in [3.63, 3.8) is 0 Å². The van der Waals surface area contributed by atoms with Gasteiger partial charge in [0, 0.05) is 6.04 Å². The van der Waals surface area contributed by atoms with Gasteiger partial charge in [-0.25, -0.2) is 4.79 Å². The third-order valence-electron chi connectivity index (χ3n) is 1.69. The van der Waals surface area contributed by atoms with Crippen molar-refractivity contribution in [2.45, 2.75) is 46.8 Å². The number of hydrogen-bond acceptors (Lipinski definition) is 2. The van der Waals surface area contributed by atoms with Gasteiger partial charge >= 0.3 is 6.09 Å². The Bertz CT molecular complexity index is 143. The molecule has 0 aromatic carbocycles. The van der Waals surface area contributed by atoms with Crippen molar-refractivity contribution in [1.29, 1.82) is 0 Å². The van der Waals surface area contributed by atoms with Crippen LogP contribution < -0.4 is 5.32 Å². The highest BCUT2D eigenvalue weighted by Crippen LogP contribution is 2.00. The fraction of sp³-hybridized carbons (Fsp3) is 0.889. The first-order valence-corrected chi connectivity index (χ1v) is 4.40. The highest BCUT2D eigenvalue weighted by Gasteiger charge is 2.11. The summed E-state index contributed by atoms with van der Waals surface area (Å²) in [5, 5.41) is 2.75. The van der Waals surface area contributed by atoms with Crippen LogP contribution in [0.4, 0.5) is 4.79 Å². The van der Waals surface area contributed by atoms with E-state index in [-0.39, 0.29) is 18.2 Å². The van der Waals surface area contributed by atoms with E-state index in [9.17, 15) is 4.79 Å². The summed E-state index contributed by atoms with van der Waals surface area (Å²) in [5.41, 5.74) is 0. The molecule has 1 atom stereocenters. The highest BCUT2D eigenvalue weighted by atomic mass is 16.6. The summed E-state index contributed by atoms with van der Waals surface area (Å²) in [6.07, 6.45) is -0.379. The number of nitrogens with one attached hydrogen (secondary N) is 1. The summed E-state index contributed by atoms with van der Waals surface area (Å²) in [6, 6.07) is 0.163. The lowest BCUT2D eigenvalue weighted by atomic mass is 10.1. The second kappa shape index (κ2) is 5.01. The topological polar surface area (TPSA) is 38.3 Å².